The van der Waals surface area contributed by atoms with Gasteiger partial charge in [-0.1, -0.05) is 30.3 Å². The Bertz CT molecular complexity index is 900. The van der Waals surface area contributed by atoms with Gasteiger partial charge < -0.3 is 4.74 Å². The van der Waals surface area contributed by atoms with Gasteiger partial charge in [-0.15, -0.1) is 0 Å². The number of anilines is 1. The summed E-state index contributed by atoms with van der Waals surface area (Å²) in [6, 6.07) is 16.4. The van der Waals surface area contributed by atoms with Crippen molar-refractivity contribution in [3.8, 4) is 0 Å². The van der Waals surface area contributed by atoms with Crippen molar-refractivity contribution in [1.82, 2.24) is 4.90 Å². The first kappa shape index (κ1) is 17.4. The van der Waals surface area contributed by atoms with E-state index in [0.717, 1.165) is 11.5 Å². The van der Waals surface area contributed by atoms with Crippen LogP contribution in [0.25, 0.3) is 0 Å². The fraction of sp³-hybridized carbons (Fsp3) is 0.286. The van der Waals surface area contributed by atoms with E-state index in [1.54, 1.807) is 24.3 Å². The molecule has 6 heteroatoms. The highest BCUT2D eigenvalue weighted by Crippen LogP contribution is 2.36. The lowest BCUT2D eigenvalue weighted by Gasteiger charge is -2.45. The van der Waals surface area contributed by atoms with Crippen molar-refractivity contribution in [3.05, 3.63) is 65.7 Å². The third-order valence-corrected chi connectivity index (χ3v) is 4.97. The van der Waals surface area contributed by atoms with Crippen molar-refractivity contribution >= 4 is 23.3 Å². The summed E-state index contributed by atoms with van der Waals surface area (Å²) in [4.78, 5) is 29.4. The van der Waals surface area contributed by atoms with Crippen LogP contribution in [-0.4, -0.2) is 60.1 Å². The van der Waals surface area contributed by atoms with Gasteiger partial charge in [-0.3, -0.25) is 19.1 Å². The van der Waals surface area contributed by atoms with Gasteiger partial charge in [0.1, 0.15) is 5.69 Å². The minimum Gasteiger partial charge on any atom is -0.337 e. The fourth-order valence-corrected chi connectivity index (χ4v) is 3.85. The van der Waals surface area contributed by atoms with Crippen molar-refractivity contribution in [1.29, 1.82) is 0 Å². The molecule has 2 amide bonds. The van der Waals surface area contributed by atoms with Crippen molar-refractivity contribution < 1.29 is 18.9 Å². The van der Waals surface area contributed by atoms with Gasteiger partial charge in [-0.25, -0.2) is 0 Å². The van der Waals surface area contributed by atoms with E-state index >= 15 is 0 Å². The van der Waals surface area contributed by atoms with Gasteiger partial charge in [0.05, 0.1) is 25.2 Å². The van der Waals surface area contributed by atoms with Crippen LogP contribution in [-0.2, 0) is 4.74 Å². The second-order valence-corrected chi connectivity index (χ2v) is 6.77. The zero-order valence-electron chi connectivity index (χ0n) is 15.6. The number of hydrogen-bond donors (Lipinski definition) is 0. The number of benzene rings is 2. The molecule has 2 atom stereocenters. The van der Waals surface area contributed by atoms with Crippen LogP contribution in [0.3, 0.4) is 0 Å². The number of imide groups is 1. The summed E-state index contributed by atoms with van der Waals surface area (Å²) in [5.74, 6) is 0.323. The minimum atomic E-state index is -0.465. The van der Waals surface area contributed by atoms with Crippen LogP contribution in [0.5, 0.6) is 0 Å². The van der Waals surface area contributed by atoms with E-state index in [1.807, 2.05) is 60.8 Å². The zero-order chi connectivity index (χ0) is 19.1. The number of amides is 2. The Hall–Kier alpha value is -2.99. The highest BCUT2D eigenvalue weighted by atomic mass is 16.5. The first-order valence-electron chi connectivity index (χ1n) is 9.03. The van der Waals surface area contributed by atoms with Gasteiger partial charge in [-0.05, 0) is 31.2 Å². The number of nitrogens with zero attached hydrogens (tertiary/aromatic N) is 3. The van der Waals surface area contributed by atoms with E-state index in [0.29, 0.717) is 17.7 Å². The maximum absolute atomic E-state index is 13.0. The SMILES string of the molecule is CCO[C@@H]1[C@H](N2C(=O)c3ccccc3C2=O)C(=[N+](C)C)N1c1ccccc1. The number of amidine groups is 1. The second kappa shape index (κ2) is 6.63. The number of carbonyl (C=O) groups excluding carboxylic acids is 2. The molecule has 0 aromatic heterocycles. The van der Waals surface area contributed by atoms with Gasteiger partial charge in [0.15, 0.2) is 0 Å². The molecule has 6 nitrogen and oxygen atoms in total. The molecule has 2 aromatic rings. The minimum absolute atomic E-state index is 0.266. The molecule has 0 saturated carbocycles. The lowest BCUT2D eigenvalue weighted by molar-refractivity contribution is -0.471. The molecule has 27 heavy (non-hydrogen) atoms. The van der Waals surface area contributed by atoms with Gasteiger partial charge in [-0.2, -0.15) is 4.90 Å². The number of rotatable bonds is 4. The molecule has 1 fully saturated rings. The molecule has 0 N–H and O–H groups in total. The van der Waals surface area contributed by atoms with Gasteiger partial charge in [0.25, 0.3) is 17.6 Å². The van der Waals surface area contributed by atoms with Gasteiger partial charge >= 0.3 is 0 Å². The number of para-hydroxylation sites is 1. The molecule has 0 aliphatic carbocycles. The summed E-state index contributed by atoms with van der Waals surface area (Å²) < 4.78 is 7.92. The Morgan fingerprint density at radius 3 is 1.96 bits per heavy atom. The van der Waals surface area contributed by atoms with Crippen LogP contribution >= 0.6 is 0 Å². The third kappa shape index (κ3) is 2.56. The molecule has 0 spiro atoms. The van der Waals surface area contributed by atoms with Crippen LogP contribution in [0.15, 0.2) is 54.6 Å². The first-order chi connectivity index (χ1) is 13.1. The van der Waals surface area contributed by atoms with Gasteiger partial charge in [0.2, 0.25) is 12.3 Å². The van der Waals surface area contributed by atoms with Crippen LogP contribution in [0.2, 0.25) is 0 Å². The standard InChI is InChI=1S/C21H22N3O3/c1-4-27-21-17(18(22(2)3)23(21)14-10-6-5-7-11-14)24-19(25)15-12-8-9-13-16(15)20(24)26/h5-13,17,21H,4H2,1-3H3/q+1/t17-,21-/m1/s1. The first-order valence-corrected chi connectivity index (χ1v) is 9.03. The number of fused-ring (bicyclic) bond motifs is 1. The normalized spacial score (nSPS) is 21.4. The molecular formula is C21H22N3O3+. The fourth-order valence-electron chi connectivity index (χ4n) is 3.85. The van der Waals surface area contributed by atoms with Crippen molar-refractivity contribution in [2.24, 2.45) is 0 Å². The van der Waals surface area contributed by atoms with E-state index in [2.05, 4.69) is 0 Å². The zero-order valence-corrected chi connectivity index (χ0v) is 15.6. The molecule has 2 aliphatic heterocycles. The molecule has 138 valence electrons. The largest absolute Gasteiger partial charge is 0.337 e. The van der Waals surface area contributed by atoms with Crippen LogP contribution in [0, 0.1) is 0 Å². The van der Waals surface area contributed by atoms with E-state index in [9.17, 15) is 9.59 Å². The predicted molar refractivity (Wildman–Crippen MR) is 102 cm³/mol. The summed E-state index contributed by atoms with van der Waals surface area (Å²) in [5.41, 5.74) is 1.87. The highest BCUT2D eigenvalue weighted by Gasteiger charge is 2.62. The predicted octanol–water partition coefficient (Wildman–Crippen LogP) is 2.20. The number of carbonyl (C=O) groups is 2. The van der Waals surface area contributed by atoms with Crippen molar-refractivity contribution in [2.75, 3.05) is 25.6 Å². The summed E-state index contributed by atoms with van der Waals surface area (Å²) in [7, 11) is 3.83. The Morgan fingerprint density at radius 2 is 1.44 bits per heavy atom. The van der Waals surface area contributed by atoms with Crippen LogP contribution in [0.1, 0.15) is 27.6 Å². The molecule has 2 aliphatic rings. The molecule has 0 radical (unpaired) electrons. The van der Waals surface area contributed by atoms with E-state index in [4.69, 9.17) is 4.74 Å². The van der Waals surface area contributed by atoms with E-state index < -0.39 is 12.3 Å². The Morgan fingerprint density at radius 1 is 0.889 bits per heavy atom. The Labute approximate surface area is 158 Å². The molecule has 1 saturated heterocycles. The average molecular weight is 364 g/mol. The summed E-state index contributed by atoms with van der Waals surface area (Å²) in [6.07, 6.45) is -0.419. The lowest BCUT2D eigenvalue weighted by Crippen LogP contribution is -2.74. The number of hydrogen-bond acceptors (Lipinski definition) is 3. The maximum atomic E-state index is 13.0. The molecule has 2 aromatic carbocycles. The maximum Gasteiger partial charge on any atom is 0.284 e. The Balaban J connectivity index is 1.77. The quantitative estimate of drug-likeness (QED) is 0.617. The summed E-state index contributed by atoms with van der Waals surface area (Å²) in [6.45, 7) is 2.39. The Kier molecular flexibility index (Phi) is 4.28. The summed E-state index contributed by atoms with van der Waals surface area (Å²) >= 11 is 0. The van der Waals surface area contributed by atoms with Crippen molar-refractivity contribution in [3.63, 3.8) is 0 Å². The molecule has 0 unspecified atom stereocenters. The van der Waals surface area contributed by atoms with E-state index in [1.165, 1.54) is 4.90 Å². The average Bonchev–Trinajstić information content (AvgIpc) is 2.91. The molecule has 4 rings (SSSR count). The highest BCUT2D eigenvalue weighted by molar-refractivity contribution is 6.24. The van der Waals surface area contributed by atoms with Crippen LogP contribution < -0.4 is 4.90 Å². The van der Waals surface area contributed by atoms with E-state index in [-0.39, 0.29) is 11.8 Å². The van der Waals surface area contributed by atoms with Gasteiger partial charge in [0, 0.05) is 6.61 Å². The molecule has 0 bridgehead atoms. The monoisotopic (exact) mass is 364 g/mol. The smallest absolute Gasteiger partial charge is 0.284 e. The van der Waals surface area contributed by atoms with Crippen LogP contribution in [0.4, 0.5) is 5.69 Å². The third-order valence-electron chi connectivity index (χ3n) is 4.97. The van der Waals surface area contributed by atoms with Crippen molar-refractivity contribution in [2.45, 2.75) is 19.2 Å². The lowest BCUT2D eigenvalue weighted by atomic mass is 9.99. The molecule has 2 heterocycles. The molecular weight excluding hydrogens is 342 g/mol. The number of ether oxygens (including phenoxy) is 1. The second-order valence-electron chi connectivity index (χ2n) is 6.77. The topological polar surface area (TPSA) is 52.9 Å². The summed E-state index contributed by atoms with van der Waals surface area (Å²) in [5, 5.41) is 0.